The molecule has 1 aromatic rings. The number of carbonyl (C=O) groups excluding carboxylic acids is 1. The summed E-state index contributed by atoms with van der Waals surface area (Å²) in [5, 5.41) is 2.81. The normalized spacial score (nSPS) is 12.2. The lowest BCUT2D eigenvalue weighted by molar-refractivity contribution is 0.0919. The zero-order valence-electron chi connectivity index (χ0n) is 13.1. The van der Waals surface area contributed by atoms with E-state index in [4.69, 9.17) is 0 Å². The van der Waals surface area contributed by atoms with Crippen molar-refractivity contribution < 1.29 is 13.2 Å². The van der Waals surface area contributed by atoms with Crippen molar-refractivity contribution in [3.63, 3.8) is 0 Å². The number of nitrogens with one attached hydrogen (secondary N) is 2. The van der Waals surface area contributed by atoms with E-state index in [0.717, 1.165) is 12.8 Å². The monoisotopic (exact) mass is 312 g/mol. The third-order valence-electron chi connectivity index (χ3n) is 2.72. The van der Waals surface area contributed by atoms with Crippen molar-refractivity contribution >= 4 is 15.9 Å². The largest absolute Gasteiger partial charge is 0.347 e. The van der Waals surface area contributed by atoms with Crippen LogP contribution in [0.4, 0.5) is 0 Å². The number of rotatable bonds is 6. The van der Waals surface area contributed by atoms with Crippen LogP contribution < -0.4 is 10.0 Å². The first-order valence-corrected chi connectivity index (χ1v) is 8.56. The summed E-state index contributed by atoms with van der Waals surface area (Å²) in [6, 6.07) is 6.07. The molecule has 2 N–H and O–H groups in total. The molecule has 0 unspecified atom stereocenters. The van der Waals surface area contributed by atoms with E-state index in [-0.39, 0.29) is 16.3 Å². The Morgan fingerprint density at radius 1 is 1.24 bits per heavy atom. The van der Waals surface area contributed by atoms with E-state index in [1.165, 1.54) is 12.1 Å². The van der Waals surface area contributed by atoms with Gasteiger partial charge in [0.25, 0.3) is 5.91 Å². The molecule has 118 valence electrons. The van der Waals surface area contributed by atoms with Gasteiger partial charge in [-0.3, -0.25) is 4.79 Å². The highest BCUT2D eigenvalue weighted by Gasteiger charge is 2.18. The van der Waals surface area contributed by atoms with Crippen molar-refractivity contribution in [3.05, 3.63) is 29.8 Å². The van der Waals surface area contributed by atoms with Crippen molar-refractivity contribution in [1.82, 2.24) is 10.0 Å². The smallest absolute Gasteiger partial charge is 0.251 e. The Morgan fingerprint density at radius 2 is 1.90 bits per heavy atom. The Bertz CT molecular complexity index is 589. The molecule has 1 aromatic carbocycles. The van der Waals surface area contributed by atoms with Gasteiger partial charge in [-0.2, -0.15) is 0 Å². The highest BCUT2D eigenvalue weighted by Crippen LogP contribution is 2.12. The fraction of sp³-hybridized carbons (Fsp3) is 0.533. The number of benzene rings is 1. The molecule has 0 aliphatic heterocycles. The van der Waals surface area contributed by atoms with Crippen molar-refractivity contribution in [1.29, 1.82) is 0 Å². The van der Waals surface area contributed by atoms with Gasteiger partial charge in [-0.25, -0.2) is 13.1 Å². The van der Waals surface area contributed by atoms with E-state index in [1.54, 1.807) is 12.1 Å². The molecule has 0 saturated carbocycles. The second kappa shape index (κ2) is 7.04. The zero-order chi connectivity index (χ0) is 16.1. The van der Waals surface area contributed by atoms with Gasteiger partial charge >= 0.3 is 0 Å². The summed E-state index contributed by atoms with van der Waals surface area (Å²) in [7, 11) is -3.56. The summed E-state index contributed by atoms with van der Waals surface area (Å²) in [5.41, 5.74) is -0.0333. The molecule has 0 fully saturated rings. The lowest BCUT2D eigenvalue weighted by Crippen LogP contribution is -2.40. The summed E-state index contributed by atoms with van der Waals surface area (Å²) in [6.45, 7) is 8.01. The Morgan fingerprint density at radius 3 is 2.48 bits per heavy atom. The van der Waals surface area contributed by atoms with E-state index in [1.807, 2.05) is 27.7 Å². The number of amides is 1. The molecule has 0 bridgehead atoms. The van der Waals surface area contributed by atoms with Gasteiger partial charge in [0, 0.05) is 17.6 Å². The summed E-state index contributed by atoms with van der Waals surface area (Å²) in [6.07, 6.45) is 1.69. The minimum absolute atomic E-state index is 0.111. The van der Waals surface area contributed by atoms with Crippen LogP contribution >= 0.6 is 0 Å². The molecule has 1 rings (SSSR count). The Balaban J connectivity index is 2.92. The summed E-state index contributed by atoms with van der Waals surface area (Å²) < 4.78 is 26.8. The summed E-state index contributed by atoms with van der Waals surface area (Å²) in [5.74, 6) is -0.284. The first-order chi connectivity index (χ1) is 9.65. The fourth-order valence-electron chi connectivity index (χ4n) is 1.68. The van der Waals surface area contributed by atoms with E-state index >= 15 is 0 Å². The van der Waals surface area contributed by atoms with Gasteiger partial charge in [0.1, 0.15) is 0 Å². The van der Waals surface area contributed by atoms with Gasteiger partial charge in [-0.15, -0.1) is 0 Å². The molecule has 0 spiro atoms. The molecule has 6 heteroatoms. The average Bonchev–Trinajstić information content (AvgIpc) is 2.37. The SMILES string of the molecule is CCCCNS(=O)(=O)c1cccc(C(=O)NC(C)(C)C)c1. The highest BCUT2D eigenvalue weighted by molar-refractivity contribution is 7.89. The first-order valence-electron chi connectivity index (χ1n) is 7.08. The van der Waals surface area contributed by atoms with Crippen molar-refractivity contribution in [2.24, 2.45) is 0 Å². The molecule has 1 amide bonds. The predicted octanol–water partition coefficient (Wildman–Crippen LogP) is 2.29. The quantitative estimate of drug-likeness (QED) is 0.791. The maximum Gasteiger partial charge on any atom is 0.251 e. The van der Waals surface area contributed by atoms with Crippen LogP contribution in [0.5, 0.6) is 0 Å². The second-order valence-corrected chi connectivity index (χ2v) is 7.75. The lowest BCUT2D eigenvalue weighted by atomic mass is 10.1. The number of carbonyl (C=O) groups is 1. The molecule has 0 radical (unpaired) electrons. The Kier molecular flexibility index (Phi) is 5.92. The van der Waals surface area contributed by atoms with Crippen LogP contribution in [0.15, 0.2) is 29.2 Å². The summed E-state index contributed by atoms with van der Waals surface area (Å²) >= 11 is 0. The standard InChI is InChI=1S/C15H24N2O3S/c1-5-6-10-16-21(19,20)13-9-7-8-12(11-13)14(18)17-15(2,3)4/h7-9,11,16H,5-6,10H2,1-4H3,(H,17,18). The Labute approximate surface area is 127 Å². The van der Waals surface area contributed by atoms with Gasteiger partial charge in [0.15, 0.2) is 0 Å². The van der Waals surface area contributed by atoms with Gasteiger partial charge in [-0.1, -0.05) is 19.4 Å². The number of hydrogen-bond donors (Lipinski definition) is 2. The van der Waals surface area contributed by atoms with Gasteiger partial charge < -0.3 is 5.32 Å². The van der Waals surface area contributed by atoms with E-state index in [9.17, 15) is 13.2 Å². The van der Waals surface area contributed by atoms with E-state index in [2.05, 4.69) is 10.0 Å². The molecule has 0 aliphatic rings. The van der Waals surface area contributed by atoms with Crippen LogP contribution in [0.25, 0.3) is 0 Å². The first kappa shape index (κ1) is 17.7. The van der Waals surface area contributed by atoms with Crippen molar-refractivity contribution in [3.8, 4) is 0 Å². The van der Waals surface area contributed by atoms with E-state index < -0.39 is 10.0 Å². The minimum atomic E-state index is -3.56. The molecule has 5 nitrogen and oxygen atoms in total. The predicted molar refractivity (Wildman–Crippen MR) is 83.8 cm³/mol. The van der Waals surface area contributed by atoms with Crippen molar-refractivity contribution in [2.75, 3.05) is 6.54 Å². The maximum atomic E-state index is 12.1. The third kappa shape index (κ3) is 5.85. The van der Waals surface area contributed by atoms with Crippen LogP contribution in [0, 0.1) is 0 Å². The molecule has 0 aromatic heterocycles. The van der Waals surface area contributed by atoms with Crippen LogP contribution in [0.3, 0.4) is 0 Å². The third-order valence-corrected chi connectivity index (χ3v) is 4.18. The van der Waals surface area contributed by atoms with Crippen LogP contribution in [-0.2, 0) is 10.0 Å². The molecular formula is C15H24N2O3S. The highest BCUT2D eigenvalue weighted by atomic mass is 32.2. The number of unbranched alkanes of at least 4 members (excludes halogenated alkanes) is 1. The fourth-order valence-corrected chi connectivity index (χ4v) is 2.80. The minimum Gasteiger partial charge on any atom is -0.347 e. The summed E-state index contributed by atoms with van der Waals surface area (Å²) in [4.78, 5) is 12.2. The number of sulfonamides is 1. The zero-order valence-corrected chi connectivity index (χ0v) is 13.9. The van der Waals surface area contributed by atoms with Crippen LogP contribution in [-0.4, -0.2) is 26.4 Å². The number of hydrogen-bond acceptors (Lipinski definition) is 3. The maximum absolute atomic E-state index is 12.1. The Hall–Kier alpha value is -1.40. The van der Waals surface area contributed by atoms with Gasteiger partial charge in [0.05, 0.1) is 4.90 Å². The molecule has 0 heterocycles. The van der Waals surface area contributed by atoms with Crippen LogP contribution in [0.2, 0.25) is 0 Å². The molecular weight excluding hydrogens is 288 g/mol. The topological polar surface area (TPSA) is 75.3 Å². The molecule has 21 heavy (non-hydrogen) atoms. The van der Waals surface area contributed by atoms with Gasteiger partial charge in [-0.05, 0) is 45.4 Å². The van der Waals surface area contributed by atoms with Crippen LogP contribution in [0.1, 0.15) is 50.9 Å². The second-order valence-electron chi connectivity index (χ2n) is 5.98. The molecule has 0 saturated heterocycles. The molecule has 0 aliphatic carbocycles. The van der Waals surface area contributed by atoms with Crippen molar-refractivity contribution in [2.45, 2.75) is 51.0 Å². The average molecular weight is 312 g/mol. The molecule has 0 atom stereocenters. The lowest BCUT2D eigenvalue weighted by Gasteiger charge is -2.20. The van der Waals surface area contributed by atoms with E-state index in [0.29, 0.717) is 12.1 Å². The van der Waals surface area contributed by atoms with Gasteiger partial charge in [0.2, 0.25) is 10.0 Å².